The van der Waals surface area contributed by atoms with Gasteiger partial charge in [-0.05, 0) is 12.1 Å². The molecule has 3 aromatic rings. The third-order valence-corrected chi connectivity index (χ3v) is 3.37. The van der Waals surface area contributed by atoms with E-state index in [1.54, 1.807) is 35.2 Å². The molecule has 2 heterocycles. The van der Waals surface area contributed by atoms with E-state index in [0.29, 0.717) is 17.1 Å². The van der Waals surface area contributed by atoms with Crippen LogP contribution in [0, 0.1) is 0 Å². The lowest BCUT2D eigenvalue weighted by Gasteiger charge is -2.17. The Hall–Kier alpha value is -2.74. The topological polar surface area (TPSA) is 84.0 Å². The van der Waals surface area contributed by atoms with Crippen LogP contribution in [0.1, 0.15) is 10.4 Å². The summed E-state index contributed by atoms with van der Waals surface area (Å²) in [5.41, 5.74) is 2.06. The highest BCUT2D eigenvalue weighted by Crippen LogP contribution is 2.27. The third-order valence-electron chi connectivity index (χ3n) is 2.79. The Morgan fingerprint density at radius 1 is 1.33 bits per heavy atom. The number of methoxy groups -OCH3 is 1. The molecule has 0 aliphatic heterocycles. The van der Waals surface area contributed by atoms with E-state index in [9.17, 15) is 4.79 Å². The molecule has 0 saturated carbocycles. The van der Waals surface area contributed by atoms with Crippen molar-refractivity contribution >= 4 is 29.0 Å². The maximum Gasteiger partial charge on any atom is 0.270 e. The van der Waals surface area contributed by atoms with Crippen LogP contribution in [0.4, 0.5) is 11.8 Å². The van der Waals surface area contributed by atoms with Gasteiger partial charge in [0.15, 0.2) is 5.82 Å². The van der Waals surface area contributed by atoms with Gasteiger partial charge in [0.2, 0.25) is 0 Å². The highest BCUT2D eigenvalue weighted by molar-refractivity contribution is 7.07. The Balaban J connectivity index is 2.07. The molecule has 0 aliphatic carbocycles. The number of rotatable bonds is 4. The van der Waals surface area contributed by atoms with Crippen LogP contribution in [0.2, 0.25) is 0 Å². The molecule has 106 valence electrons. The molecule has 0 saturated heterocycles. The molecule has 7 nitrogen and oxygen atoms in total. The second-order valence-electron chi connectivity index (χ2n) is 3.99. The average molecular weight is 301 g/mol. The summed E-state index contributed by atoms with van der Waals surface area (Å²) in [6, 6.07) is 6.99. The first-order chi connectivity index (χ1) is 10.3. The number of amides is 1. The third kappa shape index (κ3) is 2.48. The maximum atomic E-state index is 12.8. The highest BCUT2D eigenvalue weighted by Gasteiger charge is 2.26. The number of ether oxygens (including phenoxy) is 1. The number of nitrogens with one attached hydrogen (secondary N) is 1. The number of thiazole rings is 1. The van der Waals surface area contributed by atoms with Crippen molar-refractivity contribution in [3.63, 3.8) is 0 Å². The summed E-state index contributed by atoms with van der Waals surface area (Å²) in [6.07, 6.45) is 1.41. The molecule has 1 aromatic carbocycles. The first kappa shape index (κ1) is 13.3. The second kappa shape index (κ2) is 5.71. The summed E-state index contributed by atoms with van der Waals surface area (Å²) in [5, 5.41) is 8.32. The zero-order valence-corrected chi connectivity index (χ0v) is 11.9. The van der Waals surface area contributed by atoms with Crippen molar-refractivity contribution in [2.45, 2.75) is 0 Å². The van der Waals surface area contributed by atoms with Crippen LogP contribution < -0.4 is 9.64 Å². The quantitative estimate of drug-likeness (QED) is 0.799. The Morgan fingerprint density at radius 3 is 2.86 bits per heavy atom. The molecule has 0 aliphatic rings. The molecule has 3 rings (SSSR count). The molecule has 0 radical (unpaired) electrons. The zero-order chi connectivity index (χ0) is 14.7. The van der Waals surface area contributed by atoms with E-state index in [2.05, 4.69) is 20.2 Å². The minimum Gasteiger partial charge on any atom is -0.496 e. The van der Waals surface area contributed by atoms with Crippen molar-refractivity contribution < 1.29 is 9.53 Å². The predicted octanol–water partition coefficient (Wildman–Crippen LogP) is 2.25. The van der Waals surface area contributed by atoms with Crippen LogP contribution in [0.3, 0.4) is 0 Å². The number of hydrogen-bond acceptors (Lipinski definition) is 6. The van der Waals surface area contributed by atoms with Gasteiger partial charge in [-0.25, -0.2) is 9.88 Å². The first-order valence-electron chi connectivity index (χ1n) is 6.02. The number of aromatic nitrogens is 4. The molecular weight excluding hydrogens is 290 g/mol. The van der Waals surface area contributed by atoms with Crippen molar-refractivity contribution in [1.82, 2.24) is 20.2 Å². The molecule has 2 aromatic heterocycles. The molecule has 1 amide bonds. The van der Waals surface area contributed by atoms with Crippen LogP contribution in [0.15, 0.2) is 41.5 Å². The summed E-state index contributed by atoms with van der Waals surface area (Å²) >= 11 is 1.39. The van der Waals surface area contributed by atoms with E-state index < -0.39 is 0 Å². The number of hydrogen-bond donors (Lipinski definition) is 1. The van der Waals surface area contributed by atoms with Crippen molar-refractivity contribution in [1.29, 1.82) is 0 Å². The Morgan fingerprint density at radius 2 is 2.19 bits per heavy atom. The van der Waals surface area contributed by atoms with Gasteiger partial charge in [-0.2, -0.15) is 4.98 Å². The number of nitrogens with zero attached hydrogens (tertiary/aromatic N) is 4. The zero-order valence-electron chi connectivity index (χ0n) is 11.1. The van der Waals surface area contributed by atoms with E-state index in [1.807, 2.05) is 0 Å². The number of carbonyl (C=O) groups is 1. The number of para-hydroxylation sites is 1. The van der Waals surface area contributed by atoms with Crippen molar-refractivity contribution in [3.05, 3.63) is 47.0 Å². The lowest BCUT2D eigenvalue weighted by Crippen LogP contribution is -2.27. The van der Waals surface area contributed by atoms with Gasteiger partial charge >= 0.3 is 0 Å². The maximum absolute atomic E-state index is 12.8. The van der Waals surface area contributed by atoms with E-state index in [0.717, 1.165) is 0 Å². The average Bonchev–Trinajstić information content (AvgIpc) is 3.21. The molecule has 0 atom stereocenters. The molecule has 8 heteroatoms. The fourth-order valence-electron chi connectivity index (χ4n) is 1.87. The van der Waals surface area contributed by atoms with E-state index >= 15 is 0 Å². The summed E-state index contributed by atoms with van der Waals surface area (Å²) in [7, 11) is 1.52. The van der Waals surface area contributed by atoms with Crippen LogP contribution in [0.25, 0.3) is 0 Å². The number of carbonyl (C=O) groups excluding carboxylic acids is 1. The van der Waals surface area contributed by atoms with Gasteiger partial charge in [0.1, 0.15) is 12.1 Å². The molecular formula is C13H11N5O2S. The fraction of sp³-hybridized carbons (Fsp3) is 0.0769. The van der Waals surface area contributed by atoms with Gasteiger partial charge in [0.05, 0.1) is 18.2 Å². The molecule has 1 N–H and O–H groups in total. The van der Waals surface area contributed by atoms with Crippen molar-refractivity contribution in [2.24, 2.45) is 0 Å². The lowest BCUT2D eigenvalue weighted by molar-refractivity contribution is 0.0994. The predicted molar refractivity (Wildman–Crippen MR) is 78.0 cm³/mol. The van der Waals surface area contributed by atoms with Gasteiger partial charge in [-0.1, -0.05) is 12.1 Å². The van der Waals surface area contributed by atoms with E-state index in [-0.39, 0.29) is 11.9 Å². The van der Waals surface area contributed by atoms with Gasteiger partial charge in [-0.3, -0.25) is 9.89 Å². The van der Waals surface area contributed by atoms with Gasteiger partial charge in [-0.15, -0.1) is 16.4 Å². The van der Waals surface area contributed by atoms with Crippen LogP contribution in [-0.2, 0) is 0 Å². The largest absolute Gasteiger partial charge is 0.496 e. The molecule has 0 unspecified atom stereocenters. The van der Waals surface area contributed by atoms with Gasteiger partial charge in [0.25, 0.3) is 11.9 Å². The minimum absolute atomic E-state index is 0.233. The van der Waals surface area contributed by atoms with E-state index in [4.69, 9.17) is 4.74 Å². The Bertz CT molecular complexity index is 693. The highest BCUT2D eigenvalue weighted by atomic mass is 32.1. The number of anilines is 2. The number of aromatic amines is 1. The van der Waals surface area contributed by atoms with Crippen molar-refractivity contribution in [2.75, 3.05) is 12.0 Å². The normalized spacial score (nSPS) is 10.3. The van der Waals surface area contributed by atoms with Gasteiger partial charge < -0.3 is 4.74 Å². The summed E-state index contributed by atoms with van der Waals surface area (Å²) in [5.74, 6) is 0.878. The summed E-state index contributed by atoms with van der Waals surface area (Å²) in [4.78, 5) is 22.4. The second-order valence-corrected chi connectivity index (χ2v) is 4.71. The molecule has 0 spiro atoms. The van der Waals surface area contributed by atoms with Gasteiger partial charge in [0, 0.05) is 5.38 Å². The van der Waals surface area contributed by atoms with Crippen LogP contribution >= 0.6 is 11.3 Å². The fourth-order valence-corrected chi connectivity index (χ4v) is 2.38. The first-order valence-corrected chi connectivity index (χ1v) is 6.97. The van der Waals surface area contributed by atoms with E-state index in [1.165, 1.54) is 29.7 Å². The molecule has 21 heavy (non-hydrogen) atoms. The monoisotopic (exact) mass is 301 g/mol. The number of H-pyrrole nitrogens is 1. The van der Waals surface area contributed by atoms with Crippen LogP contribution in [0.5, 0.6) is 5.75 Å². The Labute approximate surface area is 124 Å². The minimum atomic E-state index is -0.307. The Kier molecular flexibility index (Phi) is 3.61. The molecule has 0 bridgehead atoms. The summed E-state index contributed by atoms with van der Waals surface area (Å²) in [6.45, 7) is 0. The number of benzene rings is 1. The summed E-state index contributed by atoms with van der Waals surface area (Å²) < 4.78 is 5.24. The SMILES string of the molecule is COc1ccccc1C(=O)N(c1cscn1)c1nc[nH]n1. The lowest BCUT2D eigenvalue weighted by atomic mass is 10.1. The van der Waals surface area contributed by atoms with Crippen molar-refractivity contribution in [3.8, 4) is 5.75 Å². The smallest absolute Gasteiger partial charge is 0.270 e. The van der Waals surface area contributed by atoms with Crippen LogP contribution in [-0.4, -0.2) is 33.2 Å². The molecule has 0 fully saturated rings. The standard InChI is InChI=1S/C13H11N5O2S/c1-20-10-5-3-2-4-9(10)12(19)18(11-6-21-8-15-11)13-14-7-16-17-13/h2-8H,1H3,(H,14,16,17).